The third-order valence-electron chi connectivity index (χ3n) is 5.27. The van der Waals surface area contributed by atoms with Gasteiger partial charge in [0.2, 0.25) is 11.4 Å². The summed E-state index contributed by atoms with van der Waals surface area (Å²) >= 11 is 0. The molecule has 1 amide bonds. The molecule has 0 spiro atoms. The quantitative estimate of drug-likeness (QED) is 0.708. The number of para-hydroxylation sites is 1. The Morgan fingerprint density at radius 2 is 1.69 bits per heavy atom. The molecule has 0 unspecified atom stereocenters. The number of benzene rings is 2. The fourth-order valence-corrected chi connectivity index (χ4v) is 5.42. The first kappa shape index (κ1) is 18.2. The Labute approximate surface area is 168 Å². The number of ether oxygens (including phenoxy) is 1. The molecule has 8 heteroatoms. The average molecular weight is 409 g/mol. The van der Waals surface area contributed by atoms with E-state index in [1.807, 2.05) is 35.2 Å². The minimum atomic E-state index is -3.57. The van der Waals surface area contributed by atoms with Crippen molar-refractivity contribution in [1.82, 2.24) is 9.80 Å². The zero-order valence-electron chi connectivity index (χ0n) is 15.6. The predicted molar refractivity (Wildman–Crippen MR) is 108 cm³/mol. The van der Waals surface area contributed by atoms with Gasteiger partial charge in [-0.15, -0.1) is 0 Å². The largest absolute Gasteiger partial charge is 0.378 e. The van der Waals surface area contributed by atoms with Gasteiger partial charge in [-0.1, -0.05) is 30.3 Å². The summed E-state index contributed by atoms with van der Waals surface area (Å²) in [7, 11) is -3.57. The SMILES string of the molecule is O=C(C1=C2CS(=O)(=O)c3ccccc3[N+]2C(c2ccccc2)=N1)N1CCOCC1. The van der Waals surface area contributed by atoms with E-state index in [9.17, 15) is 13.2 Å². The molecule has 2 aromatic rings. The highest BCUT2D eigenvalue weighted by atomic mass is 32.2. The number of carbonyl (C=O) groups excluding carboxylic acids is 1. The number of hydrogen-bond donors (Lipinski definition) is 0. The van der Waals surface area contributed by atoms with Crippen LogP contribution in [0.25, 0.3) is 0 Å². The van der Waals surface area contributed by atoms with Crippen LogP contribution in [0.3, 0.4) is 0 Å². The third-order valence-corrected chi connectivity index (χ3v) is 6.94. The molecule has 1 radical (unpaired) electrons. The smallest absolute Gasteiger partial charge is 0.296 e. The topological polar surface area (TPSA) is 81.9 Å². The maximum Gasteiger partial charge on any atom is 0.296 e. The Morgan fingerprint density at radius 1 is 1.00 bits per heavy atom. The second kappa shape index (κ2) is 6.91. The number of morpholine rings is 1. The molecule has 3 heterocycles. The zero-order chi connectivity index (χ0) is 20.0. The van der Waals surface area contributed by atoms with Gasteiger partial charge in [-0.25, -0.2) is 8.42 Å². The number of amidine groups is 1. The van der Waals surface area contributed by atoms with Crippen LogP contribution in [0, 0.1) is 0 Å². The number of nitrogens with zero attached hydrogens (tertiary/aromatic N) is 3. The molecule has 0 bridgehead atoms. The molecule has 7 nitrogen and oxygen atoms in total. The van der Waals surface area contributed by atoms with Crippen LogP contribution in [-0.4, -0.2) is 57.1 Å². The molecule has 147 valence electrons. The van der Waals surface area contributed by atoms with Gasteiger partial charge in [0.15, 0.2) is 15.5 Å². The molecule has 1 fully saturated rings. The standard InChI is InChI=1S/C21H19N3O4S/c25-21(23-10-12-28-13-11-23)19-17-14-29(26,27)18-9-5-4-8-16(18)24(17)20(22-19)15-6-2-1-3-7-15/h1-9H,10-14H2/q+1. The molecule has 2 aromatic carbocycles. The van der Waals surface area contributed by atoms with Crippen molar-refractivity contribution in [2.75, 3.05) is 32.1 Å². The monoisotopic (exact) mass is 409 g/mol. The van der Waals surface area contributed by atoms with Crippen LogP contribution in [0.4, 0.5) is 5.69 Å². The Balaban J connectivity index is 1.69. The van der Waals surface area contributed by atoms with Crippen LogP contribution in [0.15, 0.2) is 75.9 Å². The zero-order valence-corrected chi connectivity index (χ0v) is 16.4. The molecule has 0 N–H and O–H groups in total. The minimum Gasteiger partial charge on any atom is -0.378 e. The number of sulfone groups is 1. The van der Waals surface area contributed by atoms with Gasteiger partial charge < -0.3 is 9.64 Å². The number of hydrogen-bond acceptors (Lipinski definition) is 6. The van der Waals surface area contributed by atoms with E-state index in [1.54, 1.807) is 29.2 Å². The van der Waals surface area contributed by atoms with Crippen molar-refractivity contribution in [3.8, 4) is 0 Å². The Hall–Kier alpha value is -2.81. The van der Waals surface area contributed by atoms with Crippen LogP contribution in [-0.2, 0) is 19.4 Å². The van der Waals surface area contributed by atoms with E-state index < -0.39 is 9.84 Å². The maximum absolute atomic E-state index is 13.2. The summed E-state index contributed by atoms with van der Waals surface area (Å²) in [6.45, 7) is 1.87. The van der Waals surface area contributed by atoms with Gasteiger partial charge in [0.05, 0.1) is 18.8 Å². The number of anilines is 1. The van der Waals surface area contributed by atoms with E-state index in [0.29, 0.717) is 43.5 Å². The second-order valence-electron chi connectivity index (χ2n) is 7.06. The second-order valence-corrected chi connectivity index (χ2v) is 9.02. The summed E-state index contributed by atoms with van der Waals surface area (Å²) in [6, 6.07) is 16.4. The Bertz CT molecular complexity index is 1150. The highest BCUT2D eigenvalue weighted by molar-refractivity contribution is 7.91. The highest BCUT2D eigenvalue weighted by Gasteiger charge is 2.52. The van der Waals surface area contributed by atoms with Crippen LogP contribution < -0.4 is 4.90 Å². The maximum atomic E-state index is 13.2. The summed E-state index contributed by atoms with van der Waals surface area (Å²) in [5, 5.41) is 0. The van der Waals surface area contributed by atoms with Crippen molar-refractivity contribution < 1.29 is 17.9 Å². The highest BCUT2D eigenvalue weighted by Crippen LogP contribution is 2.40. The number of aliphatic imine (C=N–C) groups is 1. The van der Waals surface area contributed by atoms with E-state index in [0.717, 1.165) is 5.56 Å². The summed E-state index contributed by atoms with van der Waals surface area (Å²) in [4.78, 5) is 21.7. The van der Waals surface area contributed by atoms with Gasteiger partial charge in [-0.2, -0.15) is 4.99 Å². The minimum absolute atomic E-state index is 0.198. The molecule has 3 aliphatic rings. The molecule has 29 heavy (non-hydrogen) atoms. The van der Waals surface area contributed by atoms with Gasteiger partial charge in [0.1, 0.15) is 10.6 Å². The third kappa shape index (κ3) is 3.00. The van der Waals surface area contributed by atoms with Crippen LogP contribution >= 0.6 is 0 Å². The fourth-order valence-electron chi connectivity index (χ4n) is 3.88. The molecular weight excluding hydrogens is 390 g/mol. The summed E-state index contributed by atoms with van der Waals surface area (Å²) in [5.74, 6) is 0.0586. The normalized spacial score (nSPS) is 20.8. The molecule has 0 saturated carbocycles. The molecular formula is C21H19N3O4S+. The summed E-state index contributed by atoms with van der Waals surface area (Å²) in [5.41, 5.74) is 1.97. The van der Waals surface area contributed by atoms with Crippen molar-refractivity contribution in [2.24, 2.45) is 4.99 Å². The Morgan fingerprint density at radius 3 is 2.45 bits per heavy atom. The fraction of sp³-hybridized carbons (Fsp3) is 0.238. The van der Waals surface area contributed by atoms with E-state index in [-0.39, 0.29) is 22.3 Å². The van der Waals surface area contributed by atoms with E-state index in [1.165, 1.54) is 0 Å². The lowest BCUT2D eigenvalue weighted by Crippen LogP contribution is -2.42. The molecule has 5 rings (SSSR count). The number of carbonyl (C=O) groups is 1. The lowest BCUT2D eigenvalue weighted by atomic mass is 10.1. The van der Waals surface area contributed by atoms with Crippen molar-refractivity contribution in [3.05, 3.63) is 71.6 Å². The molecule has 1 saturated heterocycles. The predicted octanol–water partition coefficient (Wildman–Crippen LogP) is 1.78. The van der Waals surface area contributed by atoms with E-state index >= 15 is 0 Å². The number of fused-ring (bicyclic) bond motifs is 3. The molecule has 0 aliphatic carbocycles. The first-order valence-electron chi connectivity index (χ1n) is 9.42. The van der Waals surface area contributed by atoms with Crippen molar-refractivity contribution in [3.63, 3.8) is 0 Å². The van der Waals surface area contributed by atoms with Crippen LogP contribution in [0.2, 0.25) is 0 Å². The lowest BCUT2D eigenvalue weighted by Gasteiger charge is -2.26. The van der Waals surface area contributed by atoms with Crippen molar-refractivity contribution in [1.29, 1.82) is 0 Å². The van der Waals surface area contributed by atoms with Gasteiger partial charge >= 0.3 is 0 Å². The molecule has 3 aliphatic heterocycles. The van der Waals surface area contributed by atoms with E-state index in [4.69, 9.17) is 4.74 Å². The van der Waals surface area contributed by atoms with Gasteiger partial charge in [0.25, 0.3) is 11.7 Å². The Kier molecular flexibility index (Phi) is 4.34. The van der Waals surface area contributed by atoms with Gasteiger partial charge in [-0.3, -0.25) is 4.79 Å². The number of amides is 1. The van der Waals surface area contributed by atoms with Crippen LogP contribution in [0.5, 0.6) is 0 Å². The summed E-state index contributed by atoms with van der Waals surface area (Å²) in [6.07, 6.45) is 0. The number of rotatable bonds is 2. The first-order chi connectivity index (χ1) is 14.1. The van der Waals surface area contributed by atoms with Crippen LogP contribution in [0.1, 0.15) is 5.56 Å². The van der Waals surface area contributed by atoms with Crippen molar-refractivity contribution in [2.45, 2.75) is 4.90 Å². The van der Waals surface area contributed by atoms with E-state index in [2.05, 4.69) is 4.99 Å². The first-order valence-corrected chi connectivity index (χ1v) is 11.1. The van der Waals surface area contributed by atoms with Gasteiger partial charge in [-0.05, 0) is 23.1 Å². The van der Waals surface area contributed by atoms with Gasteiger partial charge in [0, 0.05) is 19.2 Å². The average Bonchev–Trinajstić information content (AvgIpc) is 3.13. The molecule has 0 atom stereocenters. The molecule has 0 aromatic heterocycles. The van der Waals surface area contributed by atoms with Crippen molar-refractivity contribution >= 4 is 27.3 Å². The lowest BCUT2D eigenvalue weighted by molar-refractivity contribution is -0.131. The summed E-state index contributed by atoms with van der Waals surface area (Å²) < 4.78 is 31.2.